The molecule has 6 heteroatoms. The number of fused-ring (bicyclic) bond motifs is 2. The maximum Gasteiger partial charge on any atom is 0.177 e. The van der Waals surface area contributed by atoms with Crippen molar-refractivity contribution in [3.05, 3.63) is 130 Å². The van der Waals surface area contributed by atoms with Gasteiger partial charge in [-0.3, -0.25) is 0 Å². The Morgan fingerprint density at radius 1 is 0.523 bits per heavy atom. The maximum atomic E-state index is 12.6. The van der Waals surface area contributed by atoms with Crippen molar-refractivity contribution in [2.24, 2.45) is 0 Å². The number of aliphatic hydroxyl groups is 2. The lowest BCUT2D eigenvalue weighted by molar-refractivity contribution is 0.0936. The molecule has 0 aliphatic heterocycles. The van der Waals surface area contributed by atoms with Crippen LogP contribution in [0.25, 0.3) is 0 Å². The Balaban J connectivity index is 1.67. The van der Waals surface area contributed by atoms with Crippen LogP contribution in [0.1, 0.15) is 33.4 Å². The minimum Gasteiger partial charge on any atom is -0.489 e. The summed E-state index contributed by atoms with van der Waals surface area (Å²) in [4.78, 5) is 0. The van der Waals surface area contributed by atoms with E-state index in [1.807, 2.05) is 84.9 Å². The van der Waals surface area contributed by atoms with E-state index in [1.54, 1.807) is 12.1 Å². The van der Waals surface area contributed by atoms with E-state index in [-0.39, 0.29) is 0 Å². The number of hydrogen-bond donors (Lipinski definition) is 2. The summed E-state index contributed by atoms with van der Waals surface area (Å²) in [5.41, 5.74) is 7.41. The van der Waals surface area contributed by atoms with Gasteiger partial charge in [0.05, 0.1) is 0 Å². The van der Waals surface area contributed by atoms with Gasteiger partial charge in [0.15, 0.2) is 11.2 Å². The van der Waals surface area contributed by atoms with Crippen LogP contribution in [-0.4, -0.2) is 26.4 Å². The third-order valence-corrected chi connectivity index (χ3v) is 9.02. The highest BCUT2D eigenvalue weighted by Crippen LogP contribution is 2.49. The Labute approximate surface area is 263 Å². The van der Waals surface area contributed by atoms with E-state index in [1.165, 1.54) is 0 Å². The molecule has 0 radical (unpaired) electrons. The van der Waals surface area contributed by atoms with Gasteiger partial charge in [0.25, 0.3) is 0 Å². The van der Waals surface area contributed by atoms with Crippen LogP contribution in [-0.2, 0) is 24.4 Å². The Hall–Kier alpha value is -4.05. The van der Waals surface area contributed by atoms with Crippen LogP contribution in [0, 0.1) is 22.9 Å². The average Bonchev–Trinajstić information content (AvgIpc) is 3.00. The van der Waals surface area contributed by atoms with Crippen molar-refractivity contribution in [1.29, 1.82) is 0 Å². The van der Waals surface area contributed by atoms with Crippen LogP contribution in [0.3, 0.4) is 0 Å². The molecule has 44 heavy (non-hydrogen) atoms. The van der Waals surface area contributed by atoms with Gasteiger partial charge in [0, 0.05) is 22.3 Å². The van der Waals surface area contributed by atoms with E-state index >= 15 is 0 Å². The van der Waals surface area contributed by atoms with Crippen LogP contribution in [0.2, 0.25) is 39.3 Å². The summed E-state index contributed by atoms with van der Waals surface area (Å²) < 4.78 is 12.4. The van der Waals surface area contributed by atoms with Crippen molar-refractivity contribution in [1.82, 2.24) is 0 Å². The largest absolute Gasteiger partial charge is 0.489 e. The lowest BCUT2D eigenvalue weighted by Crippen LogP contribution is -2.42. The zero-order valence-electron chi connectivity index (χ0n) is 26.4. The highest BCUT2D eigenvalue weighted by Gasteiger charge is 2.49. The fraction of sp³-hybridized carbons (Fsp3) is 0.263. The smallest absolute Gasteiger partial charge is 0.177 e. The molecule has 0 fully saturated rings. The third-order valence-electron chi connectivity index (χ3n) is 7.27. The van der Waals surface area contributed by atoms with Gasteiger partial charge in [-0.15, -0.1) is 11.1 Å². The average molecular weight is 617 g/mol. The van der Waals surface area contributed by atoms with Crippen molar-refractivity contribution < 1.29 is 19.7 Å². The molecule has 0 unspecified atom stereocenters. The summed E-state index contributed by atoms with van der Waals surface area (Å²) in [5.74, 6) is 7.67. The predicted octanol–water partition coefficient (Wildman–Crippen LogP) is 7.39. The Kier molecular flexibility index (Phi) is 8.67. The lowest BCUT2D eigenvalue weighted by atomic mass is 9.68. The summed E-state index contributed by atoms with van der Waals surface area (Å²) in [6.45, 7) is 13.6. The second-order valence-corrected chi connectivity index (χ2v) is 22.9. The van der Waals surface area contributed by atoms with E-state index < -0.39 is 27.3 Å². The summed E-state index contributed by atoms with van der Waals surface area (Å²) in [7, 11) is -3.80. The standard InChI is InChI=1S/C38H40O4Si2/c1-43(2,3)23-21-37(39)33-19-17-32(42-28-30-15-11-8-12-16-30)26-36(33)38(40,22-24-44(4,5)6)34-20-18-31(25-35(34)37)41-27-29-13-9-7-10-14-29/h7-20,25-26,39-40H,27-28H2,1-6H3/t37-,38-/m1/s1. The van der Waals surface area contributed by atoms with E-state index in [4.69, 9.17) is 9.47 Å². The first-order valence-electron chi connectivity index (χ1n) is 14.9. The van der Waals surface area contributed by atoms with Crippen LogP contribution in [0.5, 0.6) is 11.5 Å². The summed E-state index contributed by atoms with van der Waals surface area (Å²) in [5, 5.41) is 25.2. The van der Waals surface area contributed by atoms with Crippen LogP contribution >= 0.6 is 0 Å². The molecule has 0 saturated carbocycles. The summed E-state index contributed by atoms with van der Waals surface area (Å²) >= 11 is 0. The van der Waals surface area contributed by atoms with E-state index in [0.29, 0.717) is 47.0 Å². The van der Waals surface area contributed by atoms with Crippen molar-refractivity contribution in [3.8, 4) is 34.4 Å². The van der Waals surface area contributed by atoms with Crippen molar-refractivity contribution in [3.63, 3.8) is 0 Å². The van der Waals surface area contributed by atoms with Gasteiger partial charge < -0.3 is 19.7 Å². The number of benzene rings is 4. The van der Waals surface area contributed by atoms with E-state index in [2.05, 4.69) is 62.2 Å². The van der Waals surface area contributed by atoms with Gasteiger partial charge in [0.1, 0.15) is 40.9 Å². The topological polar surface area (TPSA) is 58.9 Å². The summed E-state index contributed by atoms with van der Waals surface area (Å²) in [6, 6.07) is 30.8. The molecular weight excluding hydrogens is 577 g/mol. The quantitative estimate of drug-likeness (QED) is 0.175. The lowest BCUT2D eigenvalue weighted by Gasteiger charge is -2.40. The SMILES string of the molecule is C[Si](C)(C)C#C[C@@]1(O)c2ccc(OCc3ccccc3)cc2[C@@](O)(C#C[Si](C)(C)C)c2ccc(OCc3ccccc3)cc21. The molecule has 4 aromatic carbocycles. The fourth-order valence-corrected chi connectivity index (χ4v) is 6.16. The maximum absolute atomic E-state index is 12.6. The van der Waals surface area contributed by atoms with Gasteiger partial charge in [-0.05, 0) is 35.4 Å². The molecule has 4 aromatic rings. The molecule has 5 rings (SSSR count). The van der Waals surface area contributed by atoms with Crippen LogP contribution in [0.15, 0.2) is 97.1 Å². The molecule has 4 nitrogen and oxygen atoms in total. The molecule has 2 atom stereocenters. The van der Waals surface area contributed by atoms with Gasteiger partial charge in [0.2, 0.25) is 0 Å². The van der Waals surface area contributed by atoms with Crippen LogP contribution in [0.4, 0.5) is 0 Å². The Morgan fingerprint density at radius 3 is 1.23 bits per heavy atom. The zero-order chi connectivity index (χ0) is 31.6. The number of ether oxygens (including phenoxy) is 2. The zero-order valence-corrected chi connectivity index (χ0v) is 28.4. The van der Waals surface area contributed by atoms with Crippen LogP contribution < -0.4 is 9.47 Å². The molecule has 224 valence electrons. The number of rotatable bonds is 6. The van der Waals surface area contributed by atoms with Gasteiger partial charge in [-0.2, -0.15) is 0 Å². The van der Waals surface area contributed by atoms with Gasteiger partial charge in [-0.1, -0.05) is 124 Å². The Morgan fingerprint density at radius 2 is 0.886 bits per heavy atom. The van der Waals surface area contributed by atoms with E-state index in [0.717, 1.165) is 11.1 Å². The van der Waals surface area contributed by atoms with Gasteiger partial charge in [-0.25, -0.2) is 0 Å². The molecule has 0 heterocycles. The molecule has 1 aliphatic rings. The highest BCUT2D eigenvalue weighted by atomic mass is 28.3. The minimum absolute atomic E-state index is 0.372. The Bertz CT molecular complexity index is 1630. The van der Waals surface area contributed by atoms with E-state index in [9.17, 15) is 10.2 Å². The number of hydrogen-bond acceptors (Lipinski definition) is 4. The second-order valence-electron chi connectivity index (χ2n) is 13.4. The summed E-state index contributed by atoms with van der Waals surface area (Å²) in [6.07, 6.45) is 0. The first-order chi connectivity index (χ1) is 20.8. The fourth-order valence-electron chi connectivity index (χ4n) is 5.05. The first-order valence-corrected chi connectivity index (χ1v) is 21.9. The molecular formula is C38H40O4Si2. The molecule has 0 bridgehead atoms. The third kappa shape index (κ3) is 7.02. The normalized spacial score (nSPS) is 18.9. The molecule has 0 spiro atoms. The predicted molar refractivity (Wildman–Crippen MR) is 183 cm³/mol. The molecule has 0 saturated heterocycles. The minimum atomic E-state index is -1.90. The molecule has 2 N–H and O–H groups in total. The van der Waals surface area contributed by atoms with Gasteiger partial charge >= 0.3 is 0 Å². The second kappa shape index (κ2) is 12.2. The highest BCUT2D eigenvalue weighted by molar-refractivity contribution is 6.84. The van der Waals surface area contributed by atoms with Crippen molar-refractivity contribution >= 4 is 16.1 Å². The monoisotopic (exact) mass is 616 g/mol. The molecule has 1 aliphatic carbocycles. The molecule has 0 amide bonds. The van der Waals surface area contributed by atoms with Crippen molar-refractivity contribution in [2.45, 2.75) is 63.7 Å². The molecule has 0 aromatic heterocycles. The first kappa shape index (κ1) is 31.4. The van der Waals surface area contributed by atoms with Crippen molar-refractivity contribution in [2.75, 3.05) is 0 Å².